The summed E-state index contributed by atoms with van der Waals surface area (Å²) in [6.45, 7) is 13.3. The molecule has 0 aliphatic carbocycles. The van der Waals surface area contributed by atoms with E-state index in [-0.39, 0.29) is 10.4 Å². The molecule has 104 valence electrons. The Hall–Kier alpha value is -0.220. The summed E-state index contributed by atoms with van der Waals surface area (Å²) < 4.78 is 0. The number of hydrogen-bond acceptors (Lipinski definition) is 3. The lowest BCUT2D eigenvalue weighted by Gasteiger charge is -2.49. The molecule has 4 heteroatoms. The van der Waals surface area contributed by atoms with E-state index in [2.05, 4.69) is 44.4 Å². The van der Waals surface area contributed by atoms with Gasteiger partial charge in [0.2, 0.25) is 5.91 Å². The molecular formula is C14H26N2OS. The van der Waals surface area contributed by atoms with Crippen LogP contribution in [0.2, 0.25) is 0 Å². The predicted octanol–water partition coefficient (Wildman–Crippen LogP) is 2.56. The maximum Gasteiger partial charge on any atom is 0.234 e. The number of carbonyl (C=O) groups is 1. The van der Waals surface area contributed by atoms with Crippen LogP contribution in [-0.4, -0.2) is 51.0 Å². The first kappa shape index (κ1) is 14.2. The van der Waals surface area contributed by atoms with Crippen molar-refractivity contribution in [1.82, 2.24) is 9.80 Å². The van der Waals surface area contributed by atoms with Crippen LogP contribution in [0.5, 0.6) is 0 Å². The lowest BCUT2D eigenvalue weighted by molar-refractivity contribution is -0.133. The zero-order valence-electron chi connectivity index (χ0n) is 12.3. The molecule has 0 aromatic carbocycles. The quantitative estimate of drug-likeness (QED) is 0.731. The summed E-state index contributed by atoms with van der Waals surface area (Å²) >= 11 is 1.87. The number of likely N-dealkylation sites (tertiary alicyclic amines) is 1. The van der Waals surface area contributed by atoms with Gasteiger partial charge in [-0.2, -0.15) is 0 Å². The summed E-state index contributed by atoms with van der Waals surface area (Å²) in [6, 6.07) is 0.327. The first-order chi connectivity index (χ1) is 8.26. The van der Waals surface area contributed by atoms with Gasteiger partial charge in [0.05, 0.1) is 10.6 Å². The van der Waals surface area contributed by atoms with Crippen LogP contribution in [0.15, 0.2) is 0 Å². The van der Waals surface area contributed by atoms with Crippen LogP contribution in [0.4, 0.5) is 0 Å². The van der Waals surface area contributed by atoms with E-state index in [4.69, 9.17) is 0 Å². The van der Waals surface area contributed by atoms with Crippen LogP contribution in [0, 0.1) is 0 Å². The molecule has 2 aliphatic heterocycles. The smallest absolute Gasteiger partial charge is 0.234 e. The van der Waals surface area contributed by atoms with Crippen molar-refractivity contribution in [2.45, 2.75) is 63.9 Å². The highest BCUT2D eigenvalue weighted by atomic mass is 32.2. The molecule has 0 radical (unpaired) electrons. The molecule has 2 saturated heterocycles. The van der Waals surface area contributed by atoms with E-state index in [1.165, 1.54) is 0 Å². The molecule has 2 fully saturated rings. The zero-order chi connectivity index (χ0) is 13.6. The Morgan fingerprint density at radius 2 is 1.78 bits per heavy atom. The Bertz CT molecular complexity index is 327. The molecule has 3 nitrogen and oxygen atoms in total. The highest BCUT2D eigenvalue weighted by Crippen LogP contribution is 2.46. The van der Waals surface area contributed by atoms with E-state index < -0.39 is 0 Å². The first-order valence-electron chi connectivity index (χ1n) is 6.97. The van der Waals surface area contributed by atoms with E-state index >= 15 is 0 Å². The summed E-state index contributed by atoms with van der Waals surface area (Å²) in [5, 5.41) is 0. The monoisotopic (exact) mass is 270 g/mol. The molecule has 0 atom stereocenters. The van der Waals surface area contributed by atoms with E-state index in [1.54, 1.807) is 0 Å². The van der Waals surface area contributed by atoms with E-state index in [0.29, 0.717) is 17.7 Å². The van der Waals surface area contributed by atoms with Gasteiger partial charge in [-0.25, -0.2) is 0 Å². The average molecular weight is 270 g/mol. The summed E-state index contributed by atoms with van der Waals surface area (Å²) in [6.07, 6.45) is 2.22. The Balaban J connectivity index is 2.10. The fraction of sp³-hybridized carbons (Fsp3) is 0.929. The number of rotatable bonds is 1. The van der Waals surface area contributed by atoms with Crippen molar-refractivity contribution in [3.8, 4) is 0 Å². The third kappa shape index (κ3) is 2.42. The van der Waals surface area contributed by atoms with Crippen LogP contribution in [0.1, 0.15) is 47.5 Å². The summed E-state index contributed by atoms with van der Waals surface area (Å²) in [5.74, 6) is 1.01. The number of nitrogens with zero attached hydrogens (tertiary/aromatic N) is 2. The van der Waals surface area contributed by atoms with Crippen LogP contribution in [-0.2, 0) is 4.79 Å². The van der Waals surface area contributed by atoms with Gasteiger partial charge in [-0.15, -0.1) is 11.8 Å². The fourth-order valence-corrected chi connectivity index (χ4v) is 4.69. The Morgan fingerprint density at radius 3 is 2.22 bits per heavy atom. The van der Waals surface area contributed by atoms with Crippen LogP contribution < -0.4 is 0 Å². The maximum atomic E-state index is 12.1. The third-order valence-corrected chi connectivity index (χ3v) is 5.72. The van der Waals surface area contributed by atoms with Crippen molar-refractivity contribution in [1.29, 1.82) is 0 Å². The Kier molecular flexibility index (Phi) is 3.72. The van der Waals surface area contributed by atoms with Gasteiger partial charge in [-0.3, -0.25) is 9.69 Å². The standard InChI is InChI=1S/C14H26N2OS/c1-11(2)16-12(17)10-18-14(16)6-8-15(9-7-14)13(3,4)5/h11H,6-10H2,1-5H3. The SMILES string of the molecule is CC(C)N1C(=O)CSC12CCN(C(C)(C)C)CC2. The molecular weight excluding hydrogens is 244 g/mol. The van der Waals surface area contributed by atoms with Gasteiger partial charge >= 0.3 is 0 Å². The number of amides is 1. The fourth-order valence-electron chi connectivity index (χ4n) is 3.23. The molecule has 0 N–H and O–H groups in total. The molecule has 0 bridgehead atoms. The van der Waals surface area contributed by atoms with Crippen LogP contribution >= 0.6 is 11.8 Å². The molecule has 0 aromatic heterocycles. The van der Waals surface area contributed by atoms with E-state index in [9.17, 15) is 4.79 Å². The van der Waals surface area contributed by atoms with Gasteiger partial charge in [0, 0.05) is 24.7 Å². The number of thioether (sulfide) groups is 1. The zero-order valence-corrected chi connectivity index (χ0v) is 13.1. The van der Waals surface area contributed by atoms with Crippen LogP contribution in [0.3, 0.4) is 0 Å². The molecule has 18 heavy (non-hydrogen) atoms. The van der Waals surface area contributed by atoms with Crippen LogP contribution in [0.25, 0.3) is 0 Å². The summed E-state index contributed by atoms with van der Waals surface area (Å²) in [5.41, 5.74) is 0.248. The second-order valence-electron chi connectivity index (χ2n) is 6.75. The van der Waals surface area contributed by atoms with E-state index in [0.717, 1.165) is 25.9 Å². The Morgan fingerprint density at radius 1 is 1.22 bits per heavy atom. The first-order valence-corrected chi connectivity index (χ1v) is 7.96. The van der Waals surface area contributed by atoms with Crippen molar-refractivity contribution >= 4 is 17.7 Å². The Labute approximate surface area is 115 Å². The minimum atomic E-state index is 0.0903. The minimum Gasteiger partial charge on any atom is -0.325 e. The third-order valence-electron chi connectivity index (χ3n) is 4.18. The van der Waals surface area contributed by atoms with Gasteiger partial charge in [-0.05, 0) is 47.5 Å². The van der Waals surface area contributed by atoms with Gasteiger partial charge < -0.3 is 4.90 Å². The van der Waals surface area contributed by atoms with Crippen molar-refractivity contribution in [2.75, 3.05) is 18.8 Å². The van der Waals surface area contributed by atoms with Crippen molar-refractivity contribution < 1.29 is 4.79 Å². The lowest BCUT2D eigenvalue weighted by Crippen LogP contribution is -2.57. The maximum absolute atomic E-state index is 12.1. The van der Waals surface area contributed by atoms with E-state index in [1.807, 2.05) is 11.8 Å². The number of carbonyl (C=O) groups excluding carboxylic acids is 1. The van der Waals surface area contributed by atoms with Crippen molar-refractivity contribution in [3.05, 3.63) is 0 Å². The molecule has 0 aromatic rings. The average Bonchev–Trinajstić information content (AvgIpc) is 2.55. The number of hydrogen-bond donors (Lipinski definition) is 0. The van der Waals surface area contributed by atoms with Gasteiger partial charge in [0.25, 0.3) is 0 Å². The normalized spacial score (nSPS) is 25.4. The minimum absolute atomic E-state index is 0.0903. The van der Waals surface area contributed by atoms with Gasteiger partial charge in [0.1, 0.15) is 0 Å². The highest BCUT2D eigenvalue weighted by Gasteiger charge is 2.49. The summed E-state index contributed by atoms with van der Waals surface area (Å²) in [4.78, 5) is 16.8. The van der Waals surface area contributed by atoms with Crippen molar-refractivity contribution in [2.24, 2.45) is 0 Å². The molecule has 2 aliphatic rings. The molecule has 0 saturated carbocycles. The largest absolute Gasteiger partial charge is 0.325 e. The highest BCUT2D eigenvalue weighted by molar-refractivity contribution is 8.01. The topological polar surface area (TPSA) is 23.6 Å². The molecule has 2 rings (SSSR count). The van der Waals surface area contributed by atoms with Gasteiger partial charge in [0.15, 0.2) is 0 Å². The second-order valence-corrected chi connectivity index (χ2v) is 8.09. The molecule has 2 heterocycles. The lowest BCUT2D eigenvalue weighted by atomic mass is 9.95. The molecule has 0 unspecified atom stereocenters. The molecule has 1 spiro atoms. The molecule has 1 amide bonds. The number of piperidine rings is 1. The van der Waals surface area contributed by atoms with Crippen molar-refractivity contribution in [3.63, 3.8) is 0 Å². The van der Waals surface area contributed by atoms with Gasteiger partial charge in [-0.1, -0.05) is 0 Å². The second kappa shape index (κ2) is 4.71. The predicted molar refractivity (Wildman–Crippen MR) is 77.7 cm³/mol. The summed E-state index contributed by atoms with van der Waals surface area (Å²) in [7, 11) is 0.